The number of anilines is 1. The summed E-state index contributed by atoms with van der Waals surface area (Å²) in [7, 11) is 1.56. The van der Waals surface area contributed by atoms with Gasteiger partial charge in [-0.05, 0) is 44.7 Å². The number of para-hydroxylation sites is 2. The fraction of sp³-hybridized carbons (Fsp3) is 0.389. The van der Waals surface area contributed by atoms with Crippen LogP contribution in [0.15, 0.2) is 34.2 Å². The van der Waals surface area contributed by atoms with Crippen LogP contribution >= 0.6 is 11.8 Å². The first-order chi connectivity index (χ1) is 12.1. The van der Waals surface area contributed by atoms with E-state index >= 15 is 0 Å². The second-order valence-corrected chi connectivity index (χ2v) is 7.28. The molecule has 1 aromatic carbocycles. The smallest absolute Gasteiger partial charge is 0.254 e. The van der Waals surface area contributed by atoms with E-state index in [4.69, 9.17) is 4.74 Å². The van der Waals surface area contributed by atoms with E-state index in [1.807, 2.05) is 12.1 Å². The highest BCUT2D eigenvalue weighted by Gasteiger charge is 2.20. The van der Waals surface area contributed by atoms with Crippen LogP contribution in [0.5, 0.6) is 5.75 Å². The second-order valence-electron chi connectivity index (χ2n) is 5.95. The van der Waals surface area contributed by atoms with Crippen LogP contribution in [0.4, 0.5) is 5.69 Å². The number of amides is 1. The van der Waals surface area contributed by atoms with E-state index in [9.17, 15) is 9.59 Å². The second kappa shape index (κ2) is 7.74. The standard InChI is InChI=1S/C18H21N3O3S/c1-11(16(22)19-14-9-5-6-10-15(14)24-2)25-18-20-13-8-4-3-7-12(13)17(23)21-18/h5-6,9-11H,3-4,7-8H2,1-2H3,(H,19,22)(H,20,21,23)/t11-/m1/s1. The third kappa shape index (κ3) is 4.04. The number of thioether (sulfide) groups is 1. The summed E-state index contributed by atoms with van der Waals surface area (Å²) >= 11 is 1.25. The first kappa shape index (κ1) is 17.5. The Morgan fingerprint density at radius 3 is 2.88 bits per heavy atom. The summed E-state index contributed by atoms with van der Waals surface area (Å²) in [5, 5.41) is 2.94. The minimum Gasteiger partial charge on any atom is -0.495 e. The molecule has 7 heteroatoms. The first-order valence-corrected chi connectivity index (χ1v) is 9.19. The highest BCUT2D eigenvalue weighted by molar-refractivity contribution is 8.00. The number of aryl methyl sites for hydroxylation is 1. The van der Waals surface area contributed by atoms with Crippen LogP contribution in [0.3, 0.4) is 0 Å². The summed E-state index contributed by atoms with van der Waals surface area (Å²) in [4.78, 5) is 32.0. The summed E-state index contributed by atoms with van der Waals surface area (Å²) in [6, 6.07) is 7.25. The molecule has 2 N–H and O–H groups in total. The van der Waals surface area contributed by atoms with Crippen molar-refractivity contribution < 1.29 is 9.53 Å². The lowest BCUT2D eigenvalue weighted by Crippen LogP contribution is -2.25. The number of hydrogen-bond acceptors (Lipinski definition) is 5. The highest BCUT2D eigenvalue weighted by Crippen LogP contribution is 2.26. The molecule has 2 aromatic rings. The average Bonchev–Trinajstić information content (AvgIpc) is 2.62. The minimum absolute atomic E-state index is 0.0791. The van der Waals surface area contributed by atoms with E-state index in [1.165, 1.54) is 11.8 Å². The number of carbonyl (C=O) groups is 1. The maximum Gasteiger partial charge on any atom is 0.254 e. The van der Waals surface area contributed by atoms with Crippen LogP contribution in [0.2, 0.25) is 0 Å². The quantitative estimate of drug-likeness (QED) is 0.633. The molecule has 0 aliphatic heterocycles. The molecule has 3 rings (SSSR count). The fourth-order valence-corrected chi connectivity index (χ4v) is 3.65. The maximum atomic E-state index is 12.5. The lowest BCUT2D eigenvalue weighted by molar-refractivity contribution is -0.115. The summed E-state index contributed by atoms with van der Waals surface area (Å²) < 4.78 is 5.24. The van der Waals surface area contributed by atoms with E-state index < -0.39 is 5.25 Å². The van der Waals surface area contributed by atoms with Crippen molar-refractivity contribution in [2.24, 2.45) is 0 Å². The molecule has 0 spiro atoms. The number of hydrogen-bond donors (Lipinski definition) is 2. The number of rotatable bonds is 5. The molecule has 132 valence electrons. The van der Waals surface area contributed by atoms with Gasteiger partial charge in [0, 0.05) is 5.56 Å². The number of benzene rings is 1. The van der Waals surface area contributed by atoms with Crippen LogP contribution in [-0.2, 0) is 17.6 Å². The number of aromatic amines is 1. The van der Waals surface area contributed by atoms with Crippen molar-refractivity contribution in [3.63, 3.8) is 0 Å². The molecule has 6 nitrogen and oxygen atoms in total. The zero-order chi connectivity index (χ0) is 17.8. The van der Waals surface area contributed by atoms with Crippen molar-refractivity contribution in [3.8, 4) is 5.75 Å². The van der Waals surface area contributed by atoms with Gasteiger partial charge in [0.15, 0.2) is 5.16 Å². The number of nitrogens with zero attached hydrogens (tertiary/aromatic N) is 1. The molecule has 1 heterocycles. The Morgan fingerprint density at radius 2 is 2.08 bits per heavy atom. The Morgan fingerprint density at radius 1 is 1.32 bits per heavy atom. The third-order valence-corrected chi connectivity index (χ3v) is 5.18. The predicted molar refractivity (Wildman–Crippen MR) is 98.4 cm³/mol. The molecule has 0 radical (unpaired) electrons. The molecule has 25 heavy (non-hydrogen) atoms. The third-order valence-electron chi connectivity index (χ3n) is 4.19. The summed E-state index contributed by atoms with van der Waals surface area (Å²) in [6.07, 6.45) is 3.69. The van der Waals surface area contributed by atoms with Gasteiger partial charge in [-0.1, -0.05) is 23.9 Å². The Bertz CT molecular complexity index is 835. The number of H-pyrrole nitrogens is 1. The van der Waals surface area contributed by atoms with Crippen LogP contribution in [0.1, 0.15) is 31.0 Å². The monoisotopic (exact) mass is 359 g/mol. The van der Waals surface area contributed by atoms with Crippen LogP contribution < -0.4 is 15.6 Å². The zero-order valence-electron chi connectivity index (χ0n) is 14.3. The van der Waals surface area contributed by atoms with Crippen molar-refractivity contribution in [3.05, 3.63) is 45.9 Å². The van der Waals surface area contributed by atoms with E-state index in [1.54, 1.807) is 26.2 Å². The van der Waals surface area contributed by atoms with E-state index in [0.29, 0.717) is 16.6 Å². The van der Waals surface area contributed by atoms with E-state index in [-0.39, 0.29) is 11.5 Å². The van der Waals surface area contributed by atoms with Crippen LogP contribution in [0, 0.1) is 0 Å². The molecule has 0 saturated heterocycles. The number of aromatic nitrogens is 2. The van der Waals surface area contributed by atoms with Crippen molar-refractivity contribution >= 4 is 23.4 Å². The molecule has 1 amide bonds. The summed E-state index contributed by atoms with van der Waals surface area (Å²) in [6.45, 7) is 1.79. The molecular formula is C18H21N3O3S. The topological polar surface area (TPSA) is 84.1 Å². The SMILES string of the molecule is COc1ccccc1NC(=O)[C@@H](C)Sc1nc2c(c(=O)[nH]1)CCCC2. The molecule has 0 fully saturated rings. The number of fused-ring (bicyclic) bond motifs is 1. The molecule has 0 bridgehead atoms. The van der Waals surface area contributed by atoms with Gasteiger partial charge in [-0.3, -0.25) is 9.59 Å². The minimum atomic E-state index is -0.408. The normalized spacial score (nSPS) is 14.5. The van der Waals surface area contributed by atoms with Crippen molar-refractivity contribution in [2.45, 2.75) is 43.0 Å². The molecule has 1 aliphatic carbocycles. The molecular weight excluding hydrogens is 338 g/mol. The van der Waals surface area contributed by atoms with Gasteiger partial charge in [0.2, 0.25) is 5.91 Å². The molecule has 1 atom stereocenters. The van der Waals surface area contributed by atoms with E-state index in [2.05, 4.69) is 15.3 Å². The molecule has 1 aromatic heterocycles. The van der Waals surface area contributed by atoms with Gasteiger partial charge in [-0.25, -0.2) is 4.98 Å². The highest BCUT2D eigenvalue weighted by atomic mass is 32.2. The Kier molecular flexibility index (Phi) is 5.43. The Hall–Kier alpha value is -2.28. The van der Waals surface area contributed by atoms with E-state index in [0.717, 1.165) is 36.9 Å². The largest absolute Gasteiger partial charge is 0.495 e. The summed E-state index contributed by atoms with van der Waals surface area (Å²) in [5.41, 5.74) is 2.20. The zero-order valence-corrected chi connectivity index (χ0v) is 15.1. The molecule has 0 unspecified atom stereocenters. The van der Waals surface area contributed by atoms with Gasteiger partial charge in [-0.2, -0.15) is 0 Å². The van der Waals surface area contributed by atoms with Gasteiger partial charge in [0.05, 0.1) is 23.7 Å². The number of nitrogens with one attached hydrogen (secondary N) is 2. The first-order valence-electron chi connectivity index (χ1n) is 8.31. The van der Waals surface area contributed by atoms with Crippen molar-refractivity contribution in [1.82, 2.24) is 9.97 Å². The lowest BCUT2D eigenvalue weighted by atomic mass is 9.97. The van der Waals surface area contributed by atoms with Gasteiger partial charge in [0.1, 0.15) is 5.75 Å². The molecule has 1 aliphatic rings. The fourth-order valence-electron chi connectivity index (χ4n) is 2.84. The van der Waals surface area contributed by atoms with Gasteiger partial charge >= 0.3 is 0 Å². The number of ether oxygens (including phenoxy) is 1. The Labute approximate surface area is 150 Å². The van der Waals surface area contributed by atoms with Gasteiger partial charge in [-0.15, -0.1) is 0 Å². The van der Waals surface area contributed by atoms with Crippen LogP contribution in [-0.4, -0.2) is 28.2 Å². The van der Waals surface area contributed by atoms with Crippen LogP contribution in [0.25, 0.3) is 0 Å². The predicted octanol–water partition coefficient (Wildman–Crippen LogP) is 2.78. The Balaban J connectivity index is 1.71. The van der Waals surface area contributed by atoms with Crippen molar-refractivity contribution in [1.29, 1.82) is 0 Å². The lowest BCUT2D eigenvalue weighted by Gasteiger charge is -2.16. The molecule has 0 saturated carbocycles. The van der Waals surface area contributed by atoms with Crippen molar-refractivity contribution in [2.75, 3.05) is 12.4 Å². The summed E-state index contributed by atoms with van der Waals surface area (Å²) in [5.74, 6) is 0.434. The average molecular weight is 359 g/mol. The number of carbonyl (C=O) groups excluding carboxylic acids is 1. The number of methoxy groups -OCH3 is 1. The maximum absolute atomic E-state index is 12.5. The van der Waals surface area contributed by atoms with Gasteiger partial charge in [0.25, 0.3) is 5.56 Å². The van der Waals surface area contributed by atoms with Gasteiger partial charge < -0.3 is 15.0 Å².